The van der Waals surface area contributed by atoms with Crippen molar-refractivity contribution in [3.63, 3.8) is 0 Å². The molecule has 0 aliphatic carbocycles. The Kier molecular flexibility index (Phi) is 5.46. The number of carbonyl (C=O) groups is 1. The summed E-state index contributed by atoms with van der Waals surface area (Å²) in [5.41, 5.74) is 5.43. The second kappa shape index (κ2) is 5.80. The molecule has 2 N–H and O–H groups in total. The van der Waals surface area contributed by atoms with Gasteiger partial charge in [0.15, 0.2) is 0 Å². The molecule has 0 aliphatic rings. The van der Waals surface area contributed by atoms with Crippen LogP contribution in [0.15, 0.2) is 0 Å². The van der Waals surface area contributed by atoms with Gasteiger partial charge in [-0.2, -0.15) is 0 Å². The van der Waals surface area contributed by atoms with E-state index < -0.39 is 0 Å². The standard InChI is InChI=1S/C9H21N3O/c1-5-11(4)9(13)12(7-6-10)8(2)3/h8H,5-7,10H2,1-4H3. The van der Waals surface area contributed by atoms with Crippen LogP contribution < -0.4 is 5.73 Å². The molecule has 0 aromatic rings. The third-order valence-corrected chi connectivity index (χ3v) is 2.04. The minimum atomic E-state index is 0.0583. The van der Waals surface area contributed by atoms with Crippen molar-refractivity contribution < 1.29 is 4.79 Å². The summed E-state index contributed by atoms with van der Waals surface area (Å²) < 4.78 is 0. The molecule has 0 radical (unpaired) electrons. The van der Waals surface area contributed by atoms with Crippen molar-refractivity contribution in [3.05, 3.63) is 0 Å². The molecule has 78 valence electrons. The van der Waals surface area contributed by atoms with E-state index in [9.17, 15) is 4.79 Å². The van der Waals surface area contributed by atoms with Crippen molar-refractivity contribution in [1.82, 2.24) is 9.80 Å². The number of urea groups is 1. The third-order valence-electron chi connectivity index (χ3n) is 2.04. The first-order valence-electron chi connectivity index (χ1n) is 4.76. The molecule has 0 spiro atoms. The molecule has 0 bridgehead atoms. The number of hydrogen-bond acceptors (Lipinski definition) is 2. The monoisotopic (exact) mass is 187 g/mol. The zero-order valence-electron chi connectivity index (χ0n) is 9.08. The maximum Gasteiger partial charge on any atom is 0.320 e. The zero-order valence-corrected chi connectivity index (χ0v) is 9.08. The average Bonchev–Trinajstić information content (AvgIpc) is 2.11. The fraction of sp³-hybridized carbons (Fsp3) is 0.889. The zero-order chi connectivity index (χ0) is 10.4. The lowest BCUT2D eigenvalue weighted by molar-refractivity contribution is 0.153. The fourth-order valence-corrected chi connectivity index (χ4v) is 1.07. The lowest BCUT2D eigenvalue weighted by Gasteiger charge is -2.30. The van der Waals surface area contributed by atoms with Crippen LogP contribution in [0.25, 0.3) is 0 Å². The van der Waals surface area contributed by atoms with Crippen LogP contribution in [0.1, 0.15) is 20.8 Å². The van der Waals surface area contributed by atoms with Crippen LogP contribution in [0, 0.1) is 0 Å². The molecule has 0 heterocycles. The molecule has 13 heavy (non-hydrogen) atoms. The molecular weight excluding hydrogens is 166 g/mol. The molecule has 0 aromatic heterocycles. The van der Waals surface area contributed by atoms with E-state index in [1.165, 1.54) is 0 Å². The van der Waals surface area contributed by atoms with Crippen LogP contribution in [0.2, 0.25) is 0 Å². The van der Waals surface area contributed by atoms with Gasteiger partial charge in [-0.1, -0.05) is 0 Å². The summed E-state index contributed by atoms with van der Waals surface area (Å²) in [4.78, 5) is 15.2. The Balaban J connectivity index is 4.27. The van der Waals surface area contributed by atoms with E-state index in [0.717, 1.165) is 6.54 Å². The molecule has 0 atom stereocenters. The van der Waals surface area contributed by atoms with Gasteiger partial charge in [-0.3, -0.25) is 0 Å². The van der Waals surface area contributed by atoms with Gasteiger partial charge in [0.1, 0.15) is 0 Å². The summed E-state index contributed by atoms with van der Waals surface area (Å²) in [6.07, 6.45) is 0. The molecule has 0 aromatic carbocycles. The van der Waals surface area contributed by atoms with Crippen LogP contribution in [0.4, 0.5) is 4.79 Å². The molecule has 0 saturated heterocycles. The summed E-state index contributed by atoms with van der Waals surface area (Å²) in [5.74, 6) is 0. The van der Waals surface area contributed by atoms with Crippen molar-refractivity contribution in [2.45, 2.75) is 26.8 Å². The van der Waals surface area contributed by atoms with Gasteiger partial charge in [0.25, 0.3) is 0 Å². The largest absolute Gasteiger partial charge is 0.329 e. The van der Waals surface area contributed by atoms with Gasteiger partial charge in [-0.15, -0.1) is 0 Å². The van der Waals surface area contributed by atoms with Gasteiger partial charge in [-0.25, -0.2) is 4.79 Å². The Hall–Kier alpha value is -0.770. The van der Waals surface area contributed by atoms with E-state index in [-0.39, 0.29) is 12.1 Å². The van der Waals surface area contributed by atoms with E-state index in [1.807, 2.05) is 20.8 Å². The smallest absolute Gasteiger partial charge is 0.320 e. The first kappa shape index (κ1) is 12.2. The summed E-state index contributed by atoms with van der Waals surface area (Å²) in [6.45, 7) is 7.82. The van der Waals surface area contributed by atoms with E-state index in [1.54, 1.807) is 16.8 Å². The average molecular weight is 187 g/mol. The van der Waals surface area contributed by atoms with Gasteiger partial charge in [0.05, 0.1) is 0 Å². The molecule has 4 heteroatoms. The molecule has 0 fully saturated rings. The van der Waals surface area contributed by atoms with Gasteiger partial charge in [-0.05, 0) is 20.8 Å². The predicted molar refractivity (Wildman–Crippen MR) is 54.6 cm³/mol. The van der Waals surface area contributed by atoms with Gasteiger partial charge in [0.2, 0.25) is 0 Å². The lowest BCUT2D eigenvalue weighted by atomic mass is 10.3. The van der Waals surface area contributed by atoms with Gasteiger partial charge in [0, 0.05) is 32.7 Å². The molecule has 0 aliphatic heterocycles. The summed E-state index contributed by atoms with van der Waals surface area (Å²) in [7, 11) is 1.80. The highest BCUT2D eigenvalue weighted by atomic mass is 16.2. The first-order valence-corrected chi connectivity index (χ1v) is 4.76. The van der Waals surface area contributed by atoms with Crippen molar-refractivity contribution in [1.29, 1.82) is 0 Å². The van der Waals surface area contributed by atoms with Crippen LogP contribution in [-0.2, 0) is 0 Å². The maximum absolute atomic E-state index is 11.7. The fourth-order valence-electron chi connectivity index (χ4n) is 1.07. The predicted octanol–water partition coefficient (Wildman–Crippen LogP) is 0.727. The Morgan fingerprint density at radius 3 is 2.31 bits per heavy atom. The molecular formula is C9H21N3O. The van der Waals surface area contributed by atoms with E-state index in [2.05, 4.69) is 0 Å². The third kappa shape index (κ3) is 3.63. The number of rotatable bonds is 4. The van der Waals surface area contributed by atoms with Crippen LogP contribution in [0.5, 0.6) is 0 Å². The lowest BCUT2D eigenvalue weighted by Crippen LogP contribution is -2.46. The Morgan fingerprint density at radius 1 is 1.46 bits per heavy atom. The SMILES string of the molecule is CCN(C)C(=O)N(CCN)C(C)C. The Morgan fingerprint density at radius 2 is 2.00 bits per heavy atom. The van der Waals surface area contributed by atoms with E-state index in [4.69, 9.17) is 5.73 Å². The molecule has 0 saturated carbocycles. The summed E-state index contributed by atoms with van der Waals surface area (Å²) in [5, 5.41) is 0. The second-order valence-electron chi connectivity index (χ2n) is 3.37. The summed E-state index contributed by atoms with van der Waals surface area (Å²) >= 11 is 0. The molecule has 0 unspecified atom stereocenters. The van der Waals surface area contributed by atoms with E-state index in [0.29, 0.717) is 13.1 Å². The minimum absolute atomic E-state index is 0.0583. The van der Waals surface area contributed by atoms with Gasteiger partial charge < -0.3 is 15.5 Å². The van der Waals surface area contributed by atoms with Crippen molar-refractivity contribution in [2.75, 3.05) is 26.7 Å². The number of nitrogens with zero attached hydrogens (tertiary/aromatic N) is 2. The van der Waals surface area contributed by atoms with Crippen molar-refractivity contribution >= 4 is 6.03 Å². The quantitative estimate of drug-likeness (QED) is 0.705. The normalized spacial score (nSPS) is 10.3. The van der Waals surface area contributed by atoms with Crippen molar-refractivity contribution in [3.8, 4) is 0 Å². The number of nitrogens with two attached hydrogens (primary N) is 1. The highest BCUT2D eigenvalue weighted by Crippen LogP contribution is 2.01. The minimum Gasteiger partial charge on any atom is -0.329 e. The van der Waals surface area contributed by atoms with Crippen LogP contribution in [-0.4, -0.2) is 48.6 Å². The Labute approximate surface area is 80.7 Å². The molecule has 2 amide bonds. The van der Waals surface area contributed by atoms with E-state index >= 15 is 0 Å². The highest BCUT2D eigenvalue weighted by molar-refractivity contribution is 5.74. The van der Waals surface area contributed by atoms with Gasteiger partial charge >= 0.3 is 6.03 Å². The van der Waals surface area contributed by atoms with Crippen LogP contribution in [0.3, 0.4) is 0 Å². The topological polar surface area (TPSA) is 49.6 Å². The Bertz CT molecular complexity index is 159. The maximum atomic E-state index is 11.7. The van der Waals surface area contributed by atoms with Crippen LogP contribution >= 0.6 is 0 Å². The van der Waals surface area contributed by atoms with Crippen molar-refractivity contribution in [2.24, 2.45) is 5.73 Å². The number of carbonyl (C=O) groups excluding carboxylic acids is 1. The first-order chi connectivity index (χ1) is 6.04. The number of amides is 2. The highest BCUT2D eigenvalue weighted by Gasteiger charge is 2.18. The number of hydrogen-bond donors (Lipinski definition) is 1. The second-order valence-corrected chi connectivity index (χ2v) is 3.37. The summed E-state index contributed by atoms with van der Waals surface area (Å²) in [6, 6.07) is 0.271. The molecule has 4 nitrogen and oxygen atoms in total. The molecule has 0 rings (SSSR count).